The fourth-order valence-corrected chi connectivity index (χ4v) is 1.83. The summed E-state index contributed by atoms with van der Waals surface area (Å²) in [6.45, 7) is -0.733. The highest BCUT2D eigenvalue weighted by molar-refractivity contribution is 6.00. The Morgan fingerprint density at radius 3 is 2.33 bits per heavy atom. The SMILES string of the molecule is O=C(O)CNC(=O)CNC(=O)c1ccc2ccccc2c1. The number of aliphatic carboxylic acids is 1. The summed E-state index contributed by atoms with van der Waals surface area (Å²) < 4.78 is 0. The second-order valence-corrected chi connectivity index (χ2v) is 4.42. The van der Waals surface area contributed by atoms with E-state index in [9.17, 15) is 14.4 Å². The standard InChI is InChI=1S/C15H14N2O4/c18-13(16-9-14(19)20)8-17-15(21)12-6-5-10-3-1-2-4-11(10)7-12/h1-7H,8-9H2,(H,16,18)(H,17,21)(H,19,20). The van der Waals surface area contributed by atoms with Gasteiger partial charge in [0, 0.05) is 5.56 Å². The number of benzene rings is 2. The lowest BCUT2D eigenvalue weighted by Crippen LogP contribution is -2.39. The molecule has 2 aromatic carbocycles. The van der Waals surface area contributed by atoms with Crippen LogP contribution in [0.3, 0.4) is 0 Å². The van der Waals surface area contributed by atoms with E-state index in [0.29, 0.717) is 5.56 Å². The topological polar surface area (TPSA) is 95.5 Å². The Hall–Kier alpha value is -2.89. The minimum absolute atomic E-state index is 0.265. The molecule has 0 spiro atoms. The van der Waals surface area contributed by atoms with Crippen molar-refractivity contribution >= 4 is 28.6 Å². The van der Waals surface area contributed by atoms with Gasteiger partial charge in [-0.3, -0.25) is 14.4 Å². The smallest absolute Gasteiger partial charge is 0.322 e. The summed E-state index contributed by atoms with van der Waals surface area (Å²) >= 11 is 0. The van der Waals surface area contributed by atoms with Crippen LogP contribution in [0, 0.1) is 0 Å². The molecule has 108 valence electrons. The molecule has 0 aliphatic carbocycles. The zero-order chi connectivity index (χ0) is 15.2. The van der Waals surface area contributed by atoms with E-state index in [1.807, 2.05) is 30.3 Å². The fourth-order valence-electron chi connectivity index (χ4n) is 1.83. The van der Waals surface area contributed by atoms with E-state index in [0.717, 1.165) is 10.8 Å². The second kappa shape index (κ2) is 6.51. The van der Waals surface area contributed by atoms with Gasteiger partial charge in [-0.05, 0) is 22.9 Å². The zero-order valence-electron chi connectivity index (χ0n) is 11.1. The van der Waals surface area contributed by atoms with Gasteiger partial charge < -0.3 is 15.7 Å². The quantitative estimate of drug-likeness (QED) is 0.756. The van der Waals surface area contributed by atoms with Crippen LogP contribution in [0.25, 0.3) is 10.8 Å². The van der Waals surface area contributed by atoms with Gasteiger partial charge in [0.15, 0.2) is 0 Å². The Kier molecular flexibility index (Phi) is 4.50. The van der Waals surface area contributed by atoms with E-state index >= 15 is 0 Å². The average Bonchev–Trinajstić information content (AvgIpc) is 2.50. The number of hydrogen-bond donors (Lipinski definition) is 3. The number of amides is 2. The normalized spacial score (nSPS) is 10.1. The Morgan fingerprint density at radius 2 is 1.62 bits per heavy atom. The number of carboxylic acids is 1. The van der Waals surface area contributed by atoms with E-state index in [1.54, 1.807) is 12.1 Å². The van der Waals surface area contributed by atoms with Gasteiger partial charge in [-0.1, -0.05) is 30.3 Å². The van der Waals surface area contributed by atoms with Gasteiger partial charge in [0.25, 0.3) is 5.91 Å². The summed E-state index contributed by atoms with van der Waals surface area (Å²) in [5.74, 6) is -2.07. The molecule has 2 amide bonds. The lowest BCUT2D eigenvalue weighted by molar-refractivity contribution is -0.137. The maximum Gasteiger partial charge on any atom is 0.322 e. The van der Waals surface area contributed by atoms with Crippen molar-refractivity contribution in [1.82, 2.24) is 10.6 Å². The molecule has 0 atom stereocenters. The van der Waals surface area contributed by atoms with Gasteiger partial charge in [0.2, 0.25) is 5.91 Å². The van der Waals surface area contributed by atoms with E-state index < -0.39 is 18.4 Å². The van der Waals surface area contributed by atoms with Gasteiger partial charge >= 0.3 is 5.97 Å². The molecule has 0 unspecified atom stereocenters. The summed E-state index contributed by atoms with van der Waals surface area (Å²) in [5.41, 5.74) is 0.444. The summed E-state index contributed by atoms with van der Waals surface area (Å²) in [4.78, 5) is 33.5. The number of fused-ring (bicyclic) bond motifs is 1. The highest BCUT2D eigenvalue weighted by atomic mass is 16.4. The minimum atomic E-state index is -1.13. The highest BCUT2D eigenvalue weighted by Gasteiger charge is 2.09. The molecule has 6 heteroatoms. The first-order valence-electron chi connectivity index (χ1n) is 6.32. The number of carboxylic acid groups (broad SMARTS) is 1. The van der Waals surface area contributed by atoms with Crippen molar-refractivity contribution < 1.29 is 19.5 Å². The molecule has 0 aromatic heterocycles. The minimum Gasteiger partial charge on any atom is -0.480 e. The van der Waals surface area contributed by atoms with E-state index in [4.69, 9.17) is 5.11 Å². The van der Waals surface area contributed by atoms with Crippen LogP contribution < -0.4 is 10.6 Å². The van der Waals surface area contributed by atoms with Crippen molar-refractivity contribution in [2.24, 2.45) is 0 Å². The molecule has 0 aliphatic rings. The van der Waals surface area contributed by atoms with Crippen molar-refractivity contribution in [3.63, 3.8) is 0 Å². The van der Waals surface area contributed by atoms with Gasteiger partial charge in [0.1, 0.15) is 6.54 Å². The molecule has 0 aliphatic heterocycles. The summed E-state index contributed by atoms with van der Waals surface area (Å²) in [7, 11) is 0. The molecule has 6 nitrogen and oxygen atoms in total. The third kappa shape index (κ3) is 4.04. The molecule has 3 N–H and O–H groups in total. The van der Waals surface area contributed by atoms with Crippen LogP contribution in [-0.2, 0) is 9.59 Å². The fraction of sp³-hybridized carbons (Fsp3) is 0.133. The maximum atomic E-state index is 11.9. The van der Waals surface area contributed by atoms with Gasteiger partial charge in [-0.25, -0.2) is 0 Å². The number of carbonyl (C=O) groups excluding carboxylic acids is 2. The van der Waals surface area contributed by atoms with Crippen LogP contribution in [0.2, 0.25) is 0 Å². The van der Waals surface area contributed by atoms with Crippen molar-refractivity contribution in [2.75, 3.05) is 13.1 Å². The Balaban J connectivity index is 1.95. The third-order valence-corrected chi connectivity index (χ3v) is 2.86. The van der Waals surface area contributed by atoms with E-state index in [-0.39, 0.29) is 12.5 Å². The van der Waals surface area contributed by atoms with Crippen molar-refractivity contribution in [1.29, 1.82) is 0 Å². The molecule has 0 heterocycles. The molecule has 21 heavy (non-hydrogen) atoms. The molecular formula is C15H14N2O4. The predicted molar refractivity (Wildman–Crippen MR) is 76.9 cm³/mol. The van der Waals surface area contributed by atoms with Gasteiger partial charge in [0.05, 0.1) is 6.54 Å². The Morgan fingerprint density at radius 1 is 0.905 bits per heavy atom. The predicted octanol–water partition coefficient (Wildman–Crippen LogP) is 0.770. The highest BCUT2D eigenvalue weighted by Crippen LogP contribution is 2.15. The first-order valence-corrected chi connectivity index (χ1v) is 6.32. The number of hydrogen-bond acceptors (Lipinski definition) is 3. The van der Waals surface area contributed by atoms with Crippen LogP contribution in [0.5, 0.6) is 0 Å². The monoisotopic (exact) mass is 286 g/mol. The Bertz CT molecular complexity index is 697. The van der Waals surface area contributed by atoms with Crippen LogP contribution in [0.15, 0.2) is 42.5 Å². The van der Waals surface area contributed by atoms with Gasteiger partial charge in [-0.15, -0.1) is 0 Å². The lowest BCUT2D eigenvalue weighted by atomic mass is 10.1. The summed E-state index contributed by atoms with van der Waals surface area (Å²) in [6.07, 6.45) is 0. The molecule has 0 saturated carbocycles. The molecule has 0 bridgehead atoms. The third-order valence-electron chi connectivity index (χ3n) is 2.86. The molecule has 2 aromatic rings. The lowest BCUT2D eigenvalue weighted by Gasteiger charge is -2.06. The average molecular weight is 286 g/mol. The first kappa shape index (κ1) is 14.5. The maximum absolute atomic E-state index is 11.9. The zero-order valence-corrected chi connectivity index (χ0v) is 11.1. The molecule has 0 saturated heterocycles. The first-order chi connectivity index (χ1) is 10.1. The second-order valence-electron chi connectivity index (χ2n) is 4.42. The molecule has 0 fully saturated rings. The largest absolute Gasteiger partial charge is 0.480 e. The molecule has 0 radical (unpaired) electrons. The van der Waals surface area contributed by atoms with E-state index in [2.05, 4.69) is 10.6 Å². The van der Waals surface area contributed by atoms with Crippen LogP contribution >= 0.6 is 0 Å². The van der Waals surface area contributed by atoms with Crippen LogP contribution in [0.4, 0.5) is 0 Å². The number of carbonyl (C=O) groups is 3. The van der Waals surface area contributed by atoms with Crippen LogP contribution in [0.1, 0.15) is 10.4 Å². The van der Waals surface area contributed by atoms with Crippen molar-refractivity contribution in [3.05, 3.63) is 48.0 Å². The van der Waals surface area contributed by atoms with Gasteiger partial charge in [-0.2, -0.15) is 0 Å². The Labute approximate surface area is 120 Å². The van der Waals surface area contributed by atoms with Crippen LogP contribution in [-0.4, -0.2) is 36.0 Å². The van der Waals surface area contributed by atoms with Crippen molar-refractivity contribution in [2.45, 2.75) is 0 Å². The van der Waals surface area contributed by atoms with E-state index in [1.165, 1.54) is 0 Å². The van der Waals surface area contributed by atoms with Crippen molar-refractivity contribution in [3.8, 4) is 0 Å². The molecular weight excluding hydrogens is 272 g/mol. The molecule has 2 rings (SSSR count). The number of nitrogens with one attached hydrogen (secondary N) is 2. The number of rotatable bonds is 5. The summed E-state index contributed by atoms with van der Waals surface area (Å²) in [6, 6.07) is 12.9. The summed E-state index contributed by atoms with van der Waals surface area (Å²) in [5, 5.41) is 15.0.